The molecule has 9 heavy (non-hydrogen) atoms. The maximum Gasteiger partial charge on any atom is 0.118 e. The molecule has 50 valence electrons. The predicted molar refractivity (Wildman–Crippen MR) is 33.8 cm³/mol. The van der Waals surface area contributed by atoms with Gasteiger partial charge in [-0.05, 0) is 12.8 Å². The Balaban J connectivity index is 2.31. The standard InChI is InChI=1S/C7H10O2/c1-2-6-3-4-7(5-8)9-6/h1,6-8H,3-5H2/t6-,7?/m1/s1. The van der Waals surface area contributed by atoms with Crippen LogP contribution in [0.15, 0.2) is 0 Å². The first-order valence-corrected chi connectivity index (χ1v) is 3.09. The summed E-state index contributed by atoms with van der Waals surface area (Å²) in [6, 6.07) is 0. The molecule has 0 amide bonds. The van der Waals surface area contributed by atoms with E-state index in [4.69, 9.17) is 16.3 Å². The number of terminal acetylenes is 1. The minimum Gasteiger partial charge on any atom is -0.394 e. The van der Waals surface area contributed by atoms with Gasteiger partial charge in [0, 0.05) is 0 Å². The van der Waals surface area contributed by atoms with Crippen LogP contribution in [-0.2, 0) is 4.74 Å². The molecule has 0 saturated carbocycles. The zero-order valence-corrected chi connectivity index (χ0v) is 5.21. The van der Waals surface area contributed by atoms with Gasteiger partial charge in [-0.15, -0.1) is 6.42 Å². The lowest BCUT2D eigenvalue weighted by molar-refractivity contribution is 0.0347. The lowest BCUT2D eigenvalue weighted by Crippen LogP contribution is -2.12. The summed E-state index contributed by atoms with van der Waals surface area (Å²) < 4.78 is 5.17. The van der Waals surface area contributed by atoms with Crippen molar-refractivity contribution in [1.82, 2.24) is 0 Å². The zero-order valence-electron chi connectivity index (χ0n) is 5.21. The van der Waals surface area contributed by atoms with Gasteiger partial charge in [-0.3, -0.25) is 0 Å². The van der Waals surface area contributed by atoms with Crippen LogP contribution in [0.2, 0.25) is 0 Å². The van der Waals surface area contributed by atoms with E-state index in [1.54, 1.807) is 0 Å². The number of aliphatic hydroxyl groups is 1. The Morgan fingerprint density at radius 2 is 2.44 bits per heavy atom. The molecule has 0 spiro atoms. The highest BCUT2D eigenvalue weighted by Crippen LogP contribution is 2.17. The first kappa shape index (κ1) is 6.60. The van der Waals surface area contributed by atoms with Gasteiger partial charge in [0.05, 0.1) is 12.7 Å². The summed E-state index contributed by atoms with van der Waals surface area (Å²) >= 11 is 0. The molecule has 1 rings (SSSR count). The van der Waals surface area contributed by atoms with Crippen molar-refractivity contribution in [3.63, 3.8) is 0 Å². The third-order valence-corrected chi connectivity index (χ3v) is 1.50. The summed E-state index contributed by atoms with van der Waals surface area (Å²) in [4.78, 5) is 0. The van der Waals surface area contributed by atoms with E-state index < -0.39 is 0 Å². The molecular formula is C7H10O2. The molecule has 1 fully saturated rings. The van der Waals surface area contributed by atoms with Crippen molar-refractivity contribution in [2.75, 3.05) is 6.61 Å². The molecular weight excluding hydrogens is 116 g/mol. The summed E-state index contributed by atoms with van der Waals surface area (Å²) in [7, 11) is 0. The third kappa shape index (κ3) is 1.44. The largest absolute Gasteiger partial charge is 0.394 e. The molecule has 1 aliphatic rings. The van der Waals surface area contributed by atoms with Crippen LogP contribution in [0.5, 0.6) is 0 Å². The molecule has 0 aromatic heterocycles. The second-order valence-electron chi connectivity index (χ2n) is 2.17. The molecule has 2 atom stereocenters. The van der Waals surface area contributed by atoms with Gasteiger partial charge in [-0.1, -0.05) is 5.92 Å². The maximum atomic E-state index is 8.59. The average Bonchev–Trinajstić information content (AvgIpc) is 2.34. The molecule has 1 heterocycles. The van der Waals surface area contributed by atoms with Crippen molar-refractivity contribution < 1.29 is 9.84 Å². The van der Waals surface area contributed by atoms with Crippen LogP contribution in [0.4, 0.5) is 0 Å². The van der Waals surface area contributed by atoms with E-state index in [9.17, 15) is 0 Å². The third-order valence-electron chi connectivity index (χ3n) is 1.50. The Morgan fingerprint density at radius 3 is 2.78 bits per heavy atom. The van der Waals surface area contributed by atoms with E-state index >= 15 is 0 Å². The van der Waals surface area contributed by atoms with Crippen molar-refractivity contribution >= 4 is 0 Å². The Hall–Kier alpha value is -0.520. The first-order valence-electron chi connectivity index (χ1n) is 3.09. The van der Waals surface area contributed by atoms with Gasteiger partial charge in [0.2, 0.25) is 0 Å². The van der Waals surface area contributed by atoms with Gasteiger partial charge in [0.1, 0.15) is 6.10 Å². The number of ether oxygens (including phenoxy) is 1. The Labute approximate surface area is 54.8 Å². The Kier molecular flexibility index (Phi) is 2.10. The van der Waals surface area contributed by atoms with Crippen molar-refractivity contribution in [2.45, 2.75) is 25.0 Å². The number of hydrogen-bond acceptors (Lipinski definition) is 2. The highest BCUT2D eigenvalue weighted by atomic mass is 16.5. The molecule has 0 aromatic rings. The van der Waals surface area contributed by atoms with Crippen LogP contribution >= 0.6 is 0 Å². The molecule has 0 bridgehead atoms. The SMILES string of the molecule is C#C[C@@H]1CCC(CO)O1. The van der Waals surface area contributed by atoms with Gasteiger partial charge in [0.15, 0.2) is 0 Å². The van der Waals surface area contributed by atoms with Crippen LogP contribution in [0.1, 0.15) is 12.8 Å². The van der Waals surface area contributed by atoms with Crippen LogP contribution in [-0.4, -0.2) is 23.9 Å². The molecule has 2 heteroatoms. The van der Waals surface area contributed by atoms with Crippen molar-refractivity contribution in [3.05, 3.63) is 0 Å². The second-order valence-corrected chi connectivity index (χ2v) is 2.17. The van der Waals surface area contributed by atoms with Gasteiger partial charge >= 0.3 is 0 Å². The smallest absolute Gasteiger partial charge is 0.118 e. The number of rotatable bonds is 1. The van der Waals surface area contributed by atoms with Crippen molar-refractivity contribution in [2.24, 2.45) is 0 Å². The van der Waals surface area contributed by atoms with Gasteiger partial charge in [-0.2, -0.15) is 0 Å². The topological polar surface area (TPSA) is 29.5 Å². The first-order chi connectivity index (χ1) is 4.36. The van der Waals surface area contributed by atoms with Crippen LogP contribution in [0.3, 0.4) is 0 Å². The molecule has 1 aliphatic heterocycles. The predicted octanol–water partition coefficient (Wildman–Crippen LogP) is 0.160. The van der Waals surface area contributed by atoms with Crippen LogP contribution in [0, 0.1) is 12.3 Å². The molecule has 2 nitrogen and oxygen atoms in total. The highest BCUT2D eigenvalue weighted by Gasteiger charge is 2.22. The fourth-order valence-electron chi connectivity index (χ4n) is 0.963. The summed E-state index contributed by atoms with van der Waals surface area (Å²) in [6.07, 6.45) is 6.82. The monoisotopic (exact) mass is 126 g/mol. The Bertz CT molecular complexity index is 125. The second kappa shape index (κ2) is 2.86. The normalized spacial score (nSPS) is 34.2. The van der Waals surface area contributed by atoms with E-state index in [1.807, 2.05) is 0 Å². The van der Waals surface area contributed by atoms with E-state index in [-0.39, 0.29) is 18.8 Å². The number of aliphatic hydroxyl groups excluding tert-OH is 1. The number of hydrogen-bond donors (Lipinski definition) is 1. The summed E-state index contributed by atoms with van der Waals surface area (Å²) in [5, 5.41) is 8.59. The lowest BCUT2D eigenvalue weighted by Gasteiger charge is -2.04. The quantitative estimate of drug-likeness (QED) is 0.507. The summed E-state index contributed by atoms with van der Waals surface area (Å²) in [6.45, 7) is 0.0954. The van der Waals surface area contributed by atoms with E-state index in [0.29, 0.717) is 0 Å². The molecule has 0 radical (unpaired) electrons. The molecule has 1 saturated heterocycles. The van der Waals surface area contributed by atoms with Gasteiger partial charge < -0.3 is 9.84 Å². The molecule has 0 aliphatic carbocycles. The van der Waals surface area contributed by atoms with Gasteiger partial charge in [0.25, 0.3) is 0 Å². The minimum atomic E-state index is -0.0536. The maximum absolute atomic E-state index is 8.59. The fourth-order valence-corrected chi connectivity index (χ4v) is 0.963. The average molecular weight is 126 g/mol. The van der Waals surface area contributed by atoms with E-state index in [2.05, 4.69) is 5.92 Å². The highest BCUT2D eigenvalue weighted by molar-refractivity contribution is 4.97. The molecule has 0 aromatic carbocycles. The van der Waals surface area contributed by atoms with Crippen LogP contribution in [0.25, 0.3) is 0 Å². The Morgan fingerprint density at radius 1 is 1.67 bits per heavy atom. The van der Waals surface area contributed by atoms with Crippen molar-refractivity contribution in [1.29, 1.82) is 0 Å². The van der Waals surface area contributed by atoms with Crippen molar-refractivity contribution in [3.8, 4) is 12.3 Å². The molecule has 1 N–H and O–H groups in total. The summed E-state index contributed by atoms with van der Waals surface area (Å²) in [5.41, 5.74) is 0. The van der Waals surface area contributed by atoms with E-state index in [0.717, 1.165) is 12.8 Å². The fraction of sp³-hybridized carbons (Fsp3) is 0.714. The lowest BCUT2D eigenvalue weighted by atomic mass is 10.2. The van der Waals surface area contributed by atoms with Gasteiger partial charge in [-0.25, -0.2) is 0 Å². The van der Waals surface area contributed by atoms with Crippen LogP contribution < -0.4 is 0 Å². The molecule has 1 unspecified atom stereocenters. The zero-order chi connectivity index (χ0) is 6.69. The van der Waals surface area contributed by atoms with E-state index in [1.165, 1.54) is 0 Å². The summed E-state index contributed by atoms with van der Waals surface area (Å²) in [5.74, 6) is 2.49. The minimum absolute atomic E-state index is 0.00829.